The molecule has 7 aromatic carbocycles. The number of fused-ring (bicyclic) bond motifs is 6. The second-order valence-electron chi connectivity index (χ2n) is 16.2. The van der Waals surface area contributed by atoms with Crippen LogP contribution in [0.4, 0.5) is 17.1 Å². The zero-order valence-electron chi connectivity index (χ0n) is 33.6. The Balaban J connectivity index is 1.21. The summed E-state index contributed by atoms with van der Waals surface area (Å²) < 4.78 is 2.39. The molecule has 0 amide bonds. The highest BCUT2D eigenvalue weighted by Crippen LogP contribution is 2.55. The predicted octanol–water partition coefficient (Wildman–Crippen LogP) is 10.7. The molecule has 10 aromatic rings. The molecule has 3 aromatic heterocycles. The number of para-hydroxylation sites is 2. The standard InChI is InChI=1S/C55H42N4Si/c1-55(2)47-30-12-13-32-50(47)58(40-20-6-3-7-21-40)53-48(55)33-34-51-52(53)46-29-18-36-57-54(46)59(51)41-22-17-28-45(38-41)60(42-23-8-4-9-24-42,43-25-10-5-11-26-43)44-27-16-19-39(37-44)49-31-14-15-35-56-49/h3-38H,1-2H3. The Bertz CT molecular complexity index is 3140. The van der Waals surface area contributed by atoms with Crippen molar-refractivity contribution in [2.45, 2.75) is 19.3 Å². The first-order chi connectivity index (χ1) is 29.5. The van der Waals surface area contributed by atoms with E-state index in [9.17, 15) is 0 Å². The van der Waals surface area contributed by atoms with Crippen LogP contribution in [0.5, 0.6) is 0 Å². The van der Waals surface area contributed by atoms with E-state index in [1.807, 2.05) is 18.5 Å². The summed E-state index contributed by atoms with van der Waals surface area (Å²) in [5, 5.41) is 7.56. The van der Waals surface area contributed by atoms with Crippen LogP contribution in [-0.2, 0) is 5.41 Å². The maximum atomic E-state index is 5.18. The average Bonchev–Trinajstić information content (AvgIpc) is 3.66. The highest BCUT2D eigenvalue weighted by molar-refractivity contribution is 7.20. The molecule has 0 spiro atoms. The second-order valence-corrected chi connectivity index (χ2v) is 20.0. The van der Waals surface area contributed by atoms with Crippen molar-refractivity contribution in [3.63, 3.8) is 0 Å². The molecule has 4 heterocycles. The van der Waals surface area contributed by atoms with Gasteiger partial charge in [-0.25, -0.2) is 4.98 Å². The van der Waals surface area contributed by atoms with Gasteiger partial charge in [-0.15, -0.1) is 0 Å². The molecule has 0 aliphatic carbocycles. The number of pyridine rings is 2. The summed E-state index contributed by atoms with van der Waals surface area (Å²) in [6, 6.07) is 75.5. The minimum Gasteiger partial charge on any atom is -0.309 e. The van der Waals surface area contributed by atoms with Gasteiger partial charge in [0.1, 0.15) is 5.65 Å². The zero-order valence-corrected chi connectivity index (χ0v) is 34.6. The van der Waals surface area contributed by atoms with E-state index in [0.717, 1.165) is 39.2 Å². The SMILES string of the molecule is CC1(C)c2ccccc2N(c2ccccc2)c2c1ccc1c2c2cccnc2n1-c1cccc([Si](c2ccccc2)(c2ccccc2)c2cccc(-c3ccccn3)c2)c1. The van der Waals surface area contributed by atoms with Crippen LogP contribution in [0.2, 0.25) is 0 Å². The van der Waals surface area contributed by atoms with Crippen molar-refractivity contribution in [2.24, 2.45) is 0 Å². The Morgan fingerprint density at radius 1 is 0.467 bits per heavy atom. The number of nitrogens with zero attached hydrogens (tertiary/aromatic N) is 4. The molecule has 0 atom stereocenters. The molecule has 0 saturated carbocycles. The lowest BCUT2D eigenvalue weighted by molar-refractivity contribution is 0.633. The van der Waals surface area contributed by atoms with E-state index >= 15 is 0 Å². The molecule has 0 bridgehead atoms. The molecule has 60 heavy (non-hydrogen) atoms. The molecule has 1 aliphatic heterocycles. The quantitative estimate of drug-likeness (QED) is 0.119. The lowest BCUT2D eigenvalue weighted by atomic mass is 9.73. The Morgan fingerprint density at radius 2 is 1.08 bits per heavy atom. The molecule has 0 radical (unpaired) electrons. The molecule has 0 N–H and O–H groups in total. The van der Waals surface area contributed by atoms with E-state index in [1.165, 1.54) is 48.6 Å². The van der Waals surface area contributed by atoms with Crippen LogP contribution >= 0.6 is 0 Å². The summed E-state index contributed by atoms with van der Waals surface area (Å²) in [6.45, 7) is 4.72. The molecule has 4 nitrogen and oxygen atoms in total. The fraction of sp³-hybridized carbons (Fsp3) is 0.0545. The normalized spacial score (nSPS) is 13.3. The van der Waals surface area contributed by atoms with Crippen molar-refractivity contribution in [1.82, 2.24) is 14.5 Å². The van der Waals surface area contributed by atoms with Gasteiger partial charge in [0.2, 0.25) is 0 Å². The number of hydrogen-bond acceptors (Lipinski definition) is 3. The molecule has 0 fully saturated rings. The lowest BCUT2D eigenvalue weighted by Crippen LogP contribution is -2.74. The van der Waals surface area contributed by atoms with Crippen LogP contribution in [0.25, 0.3) is 38.9 Å². The van der Waals surface area contributed by atoms with Crippen molar-refractivity contribution < 1.29 is 0 Å². The molecule has 5 heteroatoms. The molecule has 0 saturated heterocycles. The maximum absolute atomic E-state index is 5.18. The van der Waals surface area contributed by atoms with Gasteiger partial charge in [-0.3, -0.25) is 9.55 Å². The van der Waals surface area contributed by atoms with Gasteiger partial charge in [0.25, 0.3) is 0 Å². The Kier molecular flexibility index (Phi) is 8.46. The first-order valence-corrected chi connectivity index (χ1v) is 22.7. The molecule has 286 valence electrons. The van der Waals surface area contributed by atoms with Crippen molar-refractivity contribution in [3.8, 4) is 16.9 Å². The summed E-state index contributed by atoms with van der Waals surface area (Å²) in [4.78, 5) is 12.4. The third-order valence-corrected chi connectivity index (χ3v) is 17.4. The summed E-state index contributed by atoms with van der Waals surface area (Å²) in [6.07, 6.45) is 3.80. The highest BCUT2D eigenvalue weighted by atomic mass is 28.3. The molecule has 0 unspecified atom stereocenters. The molecule has 11 rings (SSSR count). The minimum atomic E-state index is -2.95. The van der Waals surface area contributed by atoms with Crippen LogP contribution in [-0.4, -0.2) is 22.6 Å². The first-order valence-electron chi connectivity index (χ1n) is 20.7. The van der Waals surface area contributed by atoms with Crippen LogP contribution in [0.3, 0.4) is 0 Å². The minimum absolute atomic E-state index is 0.234. The van der Waals surface area contributed by atoms with Crippen LogP contribution in [0.15, 0.2) is 219 Å². The van der Waals surface area contributed by atoms with Crippen LogP contribution in [0.1, 0.15) is 25.0 Å². The number of hydrogen-bond donors (Lipinski definition) is 0. The van der Waals surface area contributed by atoms with Gasteiger partial charge in [0, 0.05) is 45.5 Å². The van der Waals surface area contributed by atoms with Crippen molar-refractivity contribution in [1.29, 1.82) is 0 Å². The average molecular weight is 787 g/mol. The van der Waals surface area contributed by atoms with Gasteiger partial charge in [-0.2, -0.15) is 0 Å². The predicted molar refractivity (Wildman–Crippen MR) is 252 cm³/mol. The van der Waals surface area contributed by atoms with Crippen LogP contribution in [0, 0.1) is 0 Å². The Labute approximate surface area is 351 Å². The number of benzene rings is 7. The van der Waals surface area contributed by atoms with Gasteiger partial charge in [0.05, 0.1) is 22.6 Å². The fourth-order valence-corrected chi connectivity index (χ4v) is 14.7. The van der Waals surface area contributed by atoms with E-state index in [4.69, 9.17) is 9.97 Å². The smallest absolute Gasteiger partial charge is 0.179 e. The molecular formula is C55H42N4Si. The highest BCUT2D eigenvalue weighted by Gasteiger charge is 2.42. The van der Waals surface area contributed by atoms with Crippen LogP contribution < -0.4 is 25.6 Å². The topological polar surface area (TPSA) is 34.0 Å². The Morgan fingerprint density at radius 3 is 1.82 bits per heavy atom. The number of aromatic nitrogens is 3. The monoisotopic (exact) mass is 786 g/mol. The zero-order chi connectivity index (χ0) is 40.3. The van der Waals surface area contributed by atoms with E-state index in [0.29, 0.717) is 0 Å². The molecule has 1 aliphatic rings. The summed E-state index contributed by atoms with van der Waals surface area (Å²) in [5.41, 5.74) is 11.1. The third-order valence-electron chi connectivity index (χ3n) is 12.6. The lowest BCUT2D eigenvalue weighted by Gasteiger charge is -2.42. The van der Waals surface area contributed by atoms with Gasteiger partial charge >= 0.3 is 0 Å². The Hall–Kier alpha value is -7.34. The van der Waals surface area contributed by atoms with Gasteiger partial charge in [-0.1, -0.05) is 159 Å². The van der Waals surface area contributed by atoms with Gasteiger partial charge in [0.15, 0.2) is 8.07 Å². The summed E-state index contributed by atoms with van der Waals surface area (Å²) in [5.74, 6) is 0. The largest absolute Gasteiger partial charge is 0.309 e. The number of rotatable bonds is 7. The van der Waals surface area contributed by atoms with Gasteiger partial charge < -0.3 is 4.90 Å². The van der Waals surface area contributed by atoms with Crippen molar-refractivity contribution in [3.05, 3.63) is 230 Å². The third kappa shape index (κ3) is 5.43. The van der Waals surface area contributed by atoms with Gasteiger partial charge in [-0.05, 0) is 92.5 Å². The first kappa shape index (κ1) is 35.8. The maximum Gasteiger partial charge on any atom is 0.179 e. The molecular weight excluding hydrogens is 745 g/mol. The van der Waals surface area contributed by atoms with E-state index in [-0.39, 0.29) is 5.41 Å². The summed E-state index contributed by atoms with van der Waals surface area (Å²) in [7, 11) is -2.95. The summed E-state index contributed by atoms with van der Waals surface area (Å²) >= 11 is 0. The fourth-order valence-electron chi connectivity index (χ4n) is 9.92. The number of anilines is 3. The van der Waals surface area contributed by atoms with E-state index in [2.05, 4.69) is 224 Å². The van der Waals surface area contributed by atoms with E-state index in [1.54, 1.807) is 0 Å². The van der Waals surface area contributed by atoms with Crippen molar-refractivity contribution in [2.75, 3.05) is 4.90 Å². The second kappa shape index (κ2) is 14.2. The van der Waals surface area contributed by atoms with E-state index < -0.39 is 8.07 Å². The van der Waals surface area contributed by atoms with Crippen molar-refractivity contribution >= 4 is 67.8 Å².